The minimum Gasteiger partial charge on any atom is -0.494 e. The van der Waals surface area contributed by atoms with E-state index in [4.69, 9.17) is 15.2 Å². The second-order valence-corrected chi connectivity index (χ2v) is 5.36. The second kappa shape index (κ2) is 7.73. The molecule has 1 fully saturated rings. The molecule has 2 rings (SSSR count). The number of likely N-dealkylation sites (tertiary alicyclic amines) is 1. The van der Waals surface area contributed by atoms with Crippen molar-refractivity contribution < 1.29 is 13.9 Å². The van der Waals surface area contributed by atoms with Crippen molar-refractivity contribution in [3.63, 3.8) is 0 Å². The lowest BCUT2D eigenvalue weighted by molar-refractivity contribution is -0.00663. The van der Waals surface area contributed by atoms with Crippen LogP contribution in [0.1, 0.15) is 31.4 Å². The Labute approximate surface area is 126 Å². The van der Waals surface area contributed by atoms with Crippen LogP contribution in [0.4, 0.5) is 4.39 Å². The van der Waals surface area contributed by atoms with Crippen molar-refractivity contribution >= 4 is 0 Å². The molecule has 1 aromatic carbocycles. The van der Waals surface area contributed by atoms with Crippen molar-refractivity contribution in [1.82, 2.24) is 4.90 Å². The molecule has 118 valence electrons. The first-order valence-corrected chi connectivity index (χ1v) is 7.58. The van der Waals surface area contributed by atoms with Crippen LogP contribution in [0.25, 0.3) is 0 Å². The Kier molecular flexibility index (Phi) is 5.96. The Morgan fingerprint density at radius 1 is 1.48 bits per heavy atom. The van der Waals surface area contributed by atoms with Crippen LogP contribution in [0.5, 0.6) is 5.75 Å². The van der Waals surface area contributed by atoms with Gasteiger partial charge in [-0.05, 0) is 44.0 Å². The average Bonchev–Trinajstić information content (AvgIpc) is 2.49. The number of ether oxygens (including phenoxy) is 2. The van der Waals surface area contributed by atoms with Gasteiger partial charge in [0.05, 0.1) is 13.2 Å². The maximum Gasteiger partial charge on any atom is 0.165 e. The normalized spacial score (nSPS) is 21.2. The van der Waals surface area contributed by atoms with Crippen LogP contribution in [-0.2, 0) is 4.74 Å². The molecule has 0 aliphatic carbocycles. The third-order valence-electron chi connectivity index (χ3n) is 4.04. The molecule has 21 heavy (non-hydrogen) atoms. The molecule has 0 bridgehead atoms. The van der Waals surface area contributed by atoms with Gasteiger partial charge in [-0.3, -0.25) is 4.90 Å². The van der Waals surface area contributed by atoms with Crippen LogP contribution in [0.2, 0.25) is 0 Å². The maximum absolute atomic E-state index is 13.9. The molecule has 5 heteroatoms. The smallest absolute Gasteiger partial charge is 0.165 e. The molecule has 1 aliphatic rings. The number of nitrogens with zero attached hydrogens (tertiary/aromatic N) is 1. The molecule has 1 aromatic rings. The van der Waals surface area contributed by atoms with E-state index in [9.17, 15) is 4.39 Å². The third-order valence-corrected chi connectivity index (χ3v) is 4.04. The number of hydrogen-bond donors (Lipinski definition) is 1. The minimum atomic E-state index is -0.341. The molecule has 2 atom stereocenters. The fourth-order valence-electron chi connectivity index (χ4n) is 3.01. The standard InChI is InChI=1S/C16H25FN2O2/c1-3-21-13-5-4-8-19(11-13)15(10-18)12-6-7-16(20-2)14(17)9-12/h6-7,9,13,15H,3-5,8,10-11,18H2,1-2H3. The highest BCUT2D eigenvalue weighted by Crippen LogP contribution is 2.28. The van der Waals surface area contributed by atoms with E-state index < -0.39 is 0 Å². The quantitative estimate of drug-likeness (QED) is 0.875. The molecule has 2 unspecified atom stereocenters. The Balaban J connectivity index is 2.13. The number of piperidine rings is 1. The molecule has 2 N–H and O–H groups in total. The summed E-state index contributed by atoms with van der Waals surface area (Å²) >= 11 is 0. The predicted octanol–water partition coefficient (Wildman–Crippen LogP) is 2.34. The molecule has 1 heterocycles. The SMILES string of the molecule is CCOC1CCCN(C(CN)c2ccc(OC)c(F)c2)C1. The molecule has 0 spiro atoms. The highest BCUT2D eigenvalue weighted by molar-refractivity contribution is 5.31. The monoisotopic (exact) mass is 296 g/mol. The van der Waals surface area contributed by atoms with Crippen LogP contribution < -0.4 is 10.5 Å². The summed E-state index contributed by atoms with van der Waals surface area (Å²) in [5.74, 6) is -0.0767. The van der Waals surface area contributed by atoms with Crippen LogP contribution in [0, 0.1) is 5.82 Å². The molecule has 0 amide bonds. The Morgan fingerprint density at radius 2 is 2.29 bits per heavy atom. The molecule has 0 radical (unpaired) electrons. The second-order valence-electron chi connectivity index (χ2n) is 5.36. The number of rotatable bonds is 6. The van der Waals surface area contributed by atoms with Gasteiger partial charge in [-0.1, -0.05) is 6.07 Å². The Morgan fingerprint density at radius 3 is 2.90 bits per heavy atom. The minimum absolute atomic E-state index is 0.0219. The van der Waals surface area contributed by atoms with Gasteiger partial charge in [0.1, 0.15) is 0 Å². The van der Waals surface area contributed by atoms with Crippen molar-refractivity contribution in [2.45, 2.75) is 31.9 Å². The summed E-state index contributed by atoms with van der Waals surface area (Å²) in [5, 5.41) is 0. The summed E-state index contributed by atoms with van der Waals surface area (Å²) in [6.07, 6.45) is 2.42. The zero-order valence-electron chi connectivity index (χ0n) is 12.8. The van der Waals surface area contributed by atoms with Gasteiger partial charge in [0.25, 0.3) is 0 Å². The first kappa shape index (κ1) is 16.2. The summed E-state index contributed by atoms with van der Waals surface area (Å²) < 4.78 is 24.6. The van der Waals surface area contributed by atoms with E-state index >= 15 is 0 Å². The van der Waals surface area contributed by atoms with Gasteiger partial charge in [0, 0.05) is 25.7 Å². The number of benzene rings is 1. The zero-order chi connectivity index (χ0) is 15.2. The topological polar surface area (TPSA) is 47.7 Å². The number of halogens is 1. The number of nitrogens with two attached hydrogens (primary N) is 1. The third kappa shape index (κ3) is 3.93. The van der Waals surface area contributed by atoms with Gasteiger partial charge in [0.2, 0.25) is 0 Å². The first-order chi connectivity index (χ1) is 10.2. The largest absolute Gasteiger partial charge is 0.494 e. The number of methoxy groups -OCH3 is 1. The summed E-state index contributed by atoms with van der Waals surface area (Å²) in [7, 11) is 1.47. The molecule has 0 saturated carbocycles. The highest BCUT2D eigenvalue weighted by Gasteiger charge is 2.26. The van der Waals surface area contributed by atoms with E-state index in [1.807, 2.05) is 13.0 Å². The van der Waals surface area contributed by atoms with Gasteiger partial charge in [0.15, 0.2) is 11.6 Å². The Hall–Kier alpha value is -1.17. The van der Waals surface area contributed by atoms with Crippen LogP contribution >= 0.6 is 0 Å². The van der Waals surface area contributed by atoms with Gasteiger partial charge in [-0.2, -0.15) is 0 Å². The van der Waals surface area contributed by atoms with Gasteiger partial charge in [-0.15, -0.1) is 0 Å². The van der Waals surface area contributed by atoms with E-state index in [1.165, 1.54) is 13.2 Å². The van der Waals surface area contributed by atoms with Crippen LogP contribution in [0.15, 0.2) is 18.2 Å². The molecular formula is C16H25FN2O2. The maximum atomic E-state index is 13.9. The fourth-order valence-corrected chi connectivity index (χ4v) is 3.01. The van der Waals surface area contributed by atoms with Crippen molar-refractivity contribution in [1.29, 1.82) is 0 Å². The number of hydrogen-bond acceptors (Lipinski definition) is 4. The van der Waals surface area contributed by atoms with E-state index in [1.54, 1.807) is 6.07 Å². The summed E-state index contributed by atoms with van der Waals surface area (Å²) in [5.41, 5.74) is 6.84. The van der Waals surface area contributed by atoms with Crippen molar-refractivity contribution in [2.75, 3.05) is 33.4 Å². The van der Waals surface area contributed by atoms with Crippen molar-refractivity contribution in [3.8, 4) is 5.75 Å². The van der Waals surface area contributed by atoms with Gasteiger partial charge in [-0.25, -0.2) is 4.39 Å². The van der Waals surface area contributed by atoms with E-state index in [-0.39, 0.29) is 23.7 Å². The zero-order valence-corrected chi connectivity index (χ0v) is 12.8. The average molecular weight is 296 g/mol. The lowest BCUT2D eigenvalue weighted by Gasteiger charge is -2.38. The summed E-state index contributed by atoms with van der Waals surface area (Å²) in [6, 6.07) is 5.11. The van der Waals surface area contributed by atoms with Crippen molar-refractivity contribution in [3.05, 3.63) is 29.6 Å². The van der Waals surface area contributed by atoms with Crippen LogP contribution in [-0.4, -0.2) is 44.4 Å². The predicted molar refractivity (Wildman–Crippen MR) is 81.0 cm³/mol. The molecule has 1 saturated heterocycles. The van der Waals surface area contributed by atoms with E-state index in [2.05, 4.69) is 4.90 Å². The molecule has 4 nitrogen and oxygen atoms in total. The molecule has 1 aliphatic heterocycles. The van der Waals surface area contributed by atoms with E-state index in [0.717, 1.165) is 38.1 Å². The van der Waals surface area contributed by atoms with Crippen molar-refractivity contribution in [2.24, 2.45) is 5.73 Å². The summed E-state index contributed by atoms with van der Waals surface area (Å²) in [4.78, 5) is 2.30. The Bertz CT molecular complexity index is 454. The lowest BCUT2D eigenvalue weighted by Crippen LogP contribution is -2.44. The highest BCUT2D eigenvalue weighted by atomic mass is 19.1. The van der Waals surface area contributed by atoms with E-state index in [0.29, 0.717) is 6.54 Å². The fraction of sp³-hybridized carbons (Fsp3) is 0.625. The van der Waals surface area contributed by atoms with Crippen LogP contribution in [0.3, 0.4) is 0 Å². The molecule has 0 aromatic heterocycles. The summed E-state index contributed by atoms with van der Waals surface area (Å²) in [6.45, 7) is 5.02. The lowest BCUT2D eigenvalue weighted by atomic mass is 10.00. The first-order valence-electron chi connectivity index (χ1n) is 7.58. The molecular weight excluding hydrogens is 271 g/mol. The van der Waals surface area contributed by atoms with Gasteiger partial charge >= 0.3 is 0 Å². The van der Waals surface area contributed by atoms with Gasteiger partial charge < -0.3 is 15.2 Å².